The highest BCUT2D eigenvalue weighted by atomic mass is 35.5. The highest BCUT2D eigenvalue weighted by Gasteiger charge is 2.31. The van der Waals surface area contributed by atoms with Gasteiger partial charge in [0.15, 0.2) is 0 Å². The molecule has 0 spiro atoms. The molecular formula is C14H21ClF3NO2. The number of rotatable bonds is 6. The first-order chi connectivity index (χ1) is 9.23. The predicted octanol–water partition coefficient (Wildman–Crippen LogP) is 4.45. The SMILES string of the molecule is COc1ccc(OC(F)(F)F)cc1[C@@H](N)CCC(C)C.Cl. The number of ether oxygens (including phenoxy) is 2. The van der Waals surface area contributed by atoms with Crippen molar-refractivity contribution in [2.45, 2.75) is 39.1 Å². The van der Waals surface area contributed by atoms with Gasteiger partial charge in [-0.2, -0.15) is 0 Å². The van der Waals surface area contributed by atoms with Gasteiger partial charge in [0.2, 0.25) is 0 Å². The fourth-order valence-corrected chi connectivity index (χ4v) is 1.87. The van der Waals surface area contributed by atoms with Gasteiger partial charge in [0.1, 0.15) is 11.5 Å². The van der Waals surface area contributed by atoms with Gasteiger partial charge in [-0.3, -0.25) is 0 Å². The molecule has 1 rings (SSSR count). The fourth-order valence-electron chi connectivity index (χ4n) is 1.87. The van der Waals surface area contributed by atoms with Crippen LogP contribution in [0.3, 0.4) is 0 Å². The van der Waals surface area contributed by atoms with Crippen molar-refractivity contribution in [2.75, 3.05) is 7.11 Å². The summed E-state index contributed by atoms with van der Waals surface area (Å²) in [5, 5.41) is 0. The minimum atomic E-state index is -4.71. The number of halogens is 4. The third kappa shape index (κ3) is 6.91. The van der Waals surface area contributed by atoms with Crippen molar-refractivity contribution < 1.29 is 22.6 Å². The van der Waals surface area contributed by atoms with E-state index >= 15 is 0 Å². The maximum atomic E-state index is 12.2. The van der Waals surface area contributed by atoms with Crippen LogP contribution < -0.4 is 15.2 Å². The summed E-state index contributed by atoms with van der Waals surface area (Å²) < 4.78 is 45.7. The van der Waals surface area contributed by atoms with Crippen molar-refractivity contribution in [1.29, 1.82) is 0 Å². The number of hydrogen-bond acceptors (Lipinski definition) is 3. The van der Waals surface area contributed by atoms with E-state index in [1.165, 1.54) is 25.3 Å². The lowest BCUT2D eigenvalue weighted by Crippen LogP contribution is -2.18. The van der Waals surface area contributed by atoms with Gasteiger partial charge in [-0.05, 0) is 37.0 Å². The Morgan fingerprint density at radius 3 is 2.29 bits per heavy atom. The molecule has 122 valence electrons. The van der Waals surface area contributed by atoms with Crippen LogP contribution in [0.15, 0.2) is 18.2 Å². The minimum absolute atomic E-state index is 0. The Kier molecular flexibility index (Phi) is 7.89. The second kappa shape index (κ2) is 8.34. The lowest BCUT2D eigenvalue weighted by Gasteiger charge is -2.18. The molecule has 21 heavy (non-hydrogen) atoms. The Morgan fingerprint density at radius 2 is 1.81 bits per heavy atom. The average Bonchev–Trinajstić information content (AvgIpc) is 2.33. The molecule has 0 saturated heterocycles. The Balaban J connectivity index is 0.00000400. The Labute approximate surface area is 129 Å². The molecule has 0 aliphatic rings. The summed E-state index contributed by atoms with van der Waals surface area (Å²) in [5.74, 6) is 0.658. The van der Waals surface area contributed by atoms with Crippen molar-refractivity contribution in [3.05, 3.63) is 23.8 Å². The van der Waals surface area contributed by atoms with E-state index in [1.54, 1.807) is 0 Å². The molecule has 1 aromatic carbocycles. The van der Waals surface area contributed by atoms with Gasteiger partial charge in [0.25, 0.3) is 0 Å². The quantitative estimate of drug-likeness (QED) is 0.839. The first kappa shape index (κ1) is 19.9. The van der Waals surface area contributed by atoms with E-state index < -0.39 is 6.36 Å². The Morgan fingerprint density at radius 1 is 1.19 bits per heavy atom. The molecule has 0 heterocycles. The summed E-state index contributed by atoms with van der Waals surface area (Å²) >= 11 is 0. The highest BCUT2D eigenvalue weighted by Crippen LogP contribution is 2.33. The summed E-state index contributed by atoms with van der Waals surface area (Å²) in [6.45, 7) is 4.13. The van der Waals surface area contributed by atoms with Crippen LogP contribution in [0.25, 0.3) is 0 Å². The van der Waals surface area contributed by atoms with Crippen LogP contribution in [0.4, 0.5) is 13.2 Å². The number of methoxy groups -OCH3 is 1. The monoisotopic (exact) mass is 327 g/mol. The first-order valence-electron chi connectivity index (χ1n) is 6.42. The molecular weight excluding hydrogens is 307 g/mol. The summed E-state index contributed by atoms with van der Waals surface area (Å²) in [4.78, 5) is 0. The van der Waals surface area contributed by atoms with Crippen LogP contribution in [0.5, 0.6) is 11.5 Å². The molecule has 0 saturated carbocycles. The van der Waals surface area contributed by atoms with E-state index in [0.29, 0.717) is 23.7 Å². The molecule has 0 amide bonds. The lowest BCUT2D eigenvalue weighted by molar-refractivity contribution is -0.274. The summed E-state index contributed by atoms with van der Waals surface area (Å²) in [5.41, 5.74) is 6.56. The highest BCUT2D eigenvalue weighted by molar-refractivity contribution is 5.85. The molecule has 7 heteroatoms. The number of nitrogens with two attached hydrogens (primary N) is 1. The molecule has 0 unspecified atom stereocenters. The molecule has 1 aromatic rings. The molecule has 0 aromatic heterocycles. The third-order valence-electron chi connectivity index (χ3n) is 2.89. The second-order valence-corrected chi connectivity index (χ2v) is 5.03. The van der Waals surface area contributed by atoms with E-state index in [9.17, 15) is 13.2 Å². The van der Waals surface area contributed by atoms with Crippen LogP contribution in [-0.2, 0) is 0 Å². The molecule has 0 aliphatic heterocycles. The van der Waals surface area contributed by atoms with Crippen LogP contribution in [0.2, 0.25) is 0 Å². The topological polar surface area (TPSA) is 44.5 Å². The average molecular weight is 328 g/mol. The molecule has 1 atom stereocenters. The molecule has 2 N–H and O–H groups in total. The van der Waals surface area contributed by atoms with Gasteiger partial charge < -0.3 is 15.2 Å². The van der Waals surface area contributed by atoms with Crippen LogP contribution in [0, 0.1) is 5.92 Å². The van der Waals surface area contributed by atoms with Crippen LogP contribution in [-0.4, -0.2) is 13.5 Å². The van der Waals surface area contributed by atoms with E-state index in [-0.39, 0.29) is 24.2 Å². The zero-order valence-corrected chi connectivity index (χ0v) is 13.1. The van der Waals surface area contributed by atoms with Gasteiger partial charge in [0, 0.05) is 11.6 Å². The zero-order chi connectivity index (χ0) is 15.3. The van der Waals surface area contributed by atoms with Crippen LogP contribution in [0.1, 0.15) is 38.3 Å². The largest absolute Gasteiger partial charge is 0.573 e. The lowest BCUT2D eigenvalue weighted by atomic mass is 9.97. The number of benzene rings is 1. The second-order valence-electron chi connectivity index (χ2n) is 5.03. The van der Waals surface area contributed by atoms with Crippen LogP contribution >= 0.6 is 12.4 Å². The summed E-state index contributed by atoms with van der Waals surface area (Å²) in [6, 6.07) is 3.55. The fraction of sp³-hybridized carbons (Fsp3) is 0.571. The molecule has 0 fully saturated rings. The molecule has 0 aliphatic carbocycles. The summed E-state index contributed by atoms with van der Waals surface area (Å²) in [7, 11) is 1.46. The minimum Gasteiger partial charge on any atom is -0.496 e. The normalized spacial score (nSPS) is 12.8. The zero-order valence-electron chi connectivity index (χ0n) is 12.2. The van der Waals surface area contributed by atoms with Gasteiger partial charge in [-0.25, -0.2) is 0 Å². The summed E-state index contributed by atoms with van der Waals surface area (Å²) in [6.07, 6.45) is -3.16. The first-order valence-corrected chi connectivity index (χ1v) is 6.42. The van der Waals surface area contributed by atoms with Gasteiger partial charge in [0.05, 0.1) is 7.11 Å². The maximum absolute atomic E-state index is 12.2. The molecule has 0 radical (unpaired) electrons. The predicted molar refractivity (Wildman–Crippen MR) is 77.9 cm³/mol. The molecule has 3 nitrogen and oxygen atoms in total. The number of alkyl halides is 3. The van der Waals surface area contributed by atoms with E-state index in [1.807, 2.05) is 0 Å². The smallest absolute Gasteiger partial charge is 0.496 e. The van der Waals surface area contributed by atoms with E-state index in [2.05, 4.69) is 18.6 Å². The molecule has 0 bridgehead atoms. The van der Waals surface area contributed by atoms with Crippen molar-refractivity contribution in [1.82, 2.24) is 0 Å². The maximum Gasteiger partial charge on any atom is 0.573 e. The van der Waals surface area contributed by atoms with Crippen molar-refractivity contribution in [2.24, 2.45) is 11.7 Å². The van der Waals surface area contributed by atoms with Gasteiger partial charge in [-0.1, -0.05) is 13.8 Å². The third-order valence-corrected chi connectivity index (χ3v) is 2.89. The van der Waals surface area contributed by atoms with E-state index in [0.717, 1.165) is 6.42 Å². The Hall–Kier alpha value is -1.14. The van der Waals surface area contributed by atoms with Crippen molar-refractivity contribution >= 4 is 12.4 Å². The number of hydrogen-bond donors (Lipinski definition) is 1. The standard InChI is InChI=1S/C14H20F3NO2.ClH/c1-9(2)4-6-12(18)11-8-10(20-14(15,16)17)5-7-13(11)19-3;/h5,7-9,12H,4,6,18H2,1-3H3;1H/t12-;/m0./s1. The Bertz CT molecular complexity index is 439. The van der Waals surface area contributed by atoms with Gasteiger partial charge in [-0.15, -0.1) is 25.6 Å². The van der Waals surface area contributed by atoms with Gasteiger partial charge >= 0.3 is 6.36 Å². The van der Waals surface area contributed by atoms with E-state index in [4.69, 9.17) is 10.5 Å². The van der Waals surface area contributed by atoms with Crippen molar-refractivity contribution in [3.63, 3.8) is 0 Å². The van der Waals surface area contributed by atoms with Crippen molar-refractivity contribution in [3.8, 4) is 11.5 Å².